The molecule has 1 aromatic carbocycles. The van der Waals surface area contributed by atoms with E-state index in [1.54, 1.807) is 36.7 Å². The number of nitrogens with one attached hydrogen (secondary N) is 1. The van der Waals surface area contributed by atoms with Crippen LogP contribution in [0.1, 0.15) is 5.56 Å². The molecule has 0 bridgehead atoms. The number of para-hydroxylation sites is 2. The van der Waals surface area contributed by atoms with Crippen molar-refractivity contribution in [3.63, 3.8) is 0 Å². The summed E-state index contributed by atoms with van der Waals surface area (Å²) in [6, 6.07) is 10.8. The molecule has 21 heavy (non-hydrogen) atoms. The minimum atomic E-state index is -0.713. The Bertz CT molecular complexity index is 658. The predicted octanol–water partition coefficient (Wildman–Crippen LogP) is 1.37. The molecule has 6 nitrogen and oxygen atoms in total. The van der Waals surface area contributed by atoms with Crippen LogP contribution in [0.25, 0.3) is 0 Å². The topological polar surface area (TPSA) is 72.8 Å². The molecule has 3 rings (SSSR count). The van der Waals surface area contributed by atoms with Gasteiger partial charge in [0.25, 0.3) is 5.91 Å². The lowest BCUT2D eigenvalue weighted by Gasteiger charge is -2.24. The summed E-state index contributed by atoms with van der Waals surface area (Å²) in [5.41, 5.74) is 3.28. The molecular formula is C15H13N3O3. The summed E-state index contributed by atoms with van der Waals surface area (Å²) >= 11 is 0. The minimum Gasteiger partial charge on any atom is -0.485 e. The highest BCUT2D eigenvalue weighted by Gasteiger charge is 2.26. The second-order valence-electron chi connectivity index (χ2n) is 4.38. The van der Waals surface area contributed by atoms with Crippen molar-refractivity contribution in [3.8, 4) is 11.5 Å². The van der Waals surface area contributed by atoms with Crippen LogP contribution in [0.4, 0.5) is 0 Å². The summed E-state index contributed by atoms with van der Waals surface area (Å²) < 4.78 is 11.1. The highest BCUT2D eigenvalue weighted by Crippen LogP contribution is 2.30. The second-order valence-corrected chi connectivity index (χ2v) is 4.38. The van der Waals surface area contributed by atoms with Gasteiger partial charge in [-0.25, -0.2) is 5.43 Å². The molecule has 2 heterocycles. The van der Waals surface area contributed by atoms with Crippen LogP contribution in [0.2, 0.25) is 0 Å². The Morgan fingerprint density at radius 1 is 1.24 bits per heavy atom. The number of benzene rings is 1. The molecule has 106 valence electrons. The number of nitrogens with zero attached hydrogens (tertiary/aromatic N) is 2. The van der Waals surface area contributed by atoms with Crippen LogP contribution in [-0.4, -0.2) is 29.8 Å². The minimum absolute atomic E-state index is 0.160. The van der Waals surface area contributed by atoms with Crippen molar-refractivity contribution in [3.05, 3.63) is 54.4 Å². The van der Waals surface area contributed by atoms with Gasteiger partial charge in [0.15, 0.2) is 11.5 Å². The maximum atomic E-state index is 12.0. The van der Waals surface area contributed by atoms with Crippen molar-refractivity contribution in [2.24, 2.45) is 5.10 Å². The number of hydrogen-bond acceptors (Lipinski definition) is 5. The molecule has 1 atom stereocenters. The Morgan fingerprint density at radius 3 is 2.81 bits per heavy atom. The Labute approximate surface area is 121 Å². The maximum Gasteiger partial charge on any atom is 0.284 e. The van der Waals surface area contributed by atoms with Crippen LogP contribution in [-0.2, 0) is 4.79 Å². The standard InChI is InChI=1S/C15H13N3O3/c19-15(18-17-9-11-5-7-16-8-6-11)14-10-20-12-3-1-2-4-13(12)21-14/h1-9,14H,10H2,(H,18,19)/b17-9-/t14-/m0/s1. The maximum absolute atomic E-state index is 12.0. The van der Waals surface area contributed by atoms with Crippen LogP contribution in [0, 0.1) is 0 Å². The molecule has 0 spiro atoms. The van der Waals surface area contributed by atoms with Crippen LogP contribution < -0.4 is 14.9 Å². The molecule has 1 aromatic heterocycles. The highest BCUT2D eigenvalue weighted by molar-refractivity contribution is 5.84. The van der Waals surface area contributed by atoms with Gasteiger partial charge >= 0.3 is 0 Å². The average Bonchev–Trinajstić information content (AvgIpc) is 2.55. The number of ether oxygens (including phenoxy) is 2. The number of hydrogen-bond donors (Lipinski definition) is 1. The van der Waals surface area contributed by atoms with Crippen LogP contribution >= 0.6 is 0 Å². The van der Waals surface area contributed by atoms with E-state index < -0.39 is 6.10 Å². The quantitative estimate of drug-likeness (QED) is 0.682. The lowest BCUT2D eigenvalue weighted by atomic mass is 10.2. The van der Waals surface area contributed by atoms with Crippen molar-refractivity contribution in [1.29, 1.82) is 0 Å². The molecule has 6 heteroatoms. The smallest absolute Gasteiger partial charge is 0.284 e. The Balaban J connectivity index is 1.59. The number of fused-ring (bicyclic) bond motifs is 1. The van der Waals surface area contributed by atoms with Gasteiger partial charge in [0, 0.05) is 12.4 Å². The van der Waals surface area contributed by atoms with Gasteiger partial charge in [-0.1, -0.05) is 12.1 Å². The van der Waals surface area contributed by atoms with E-state index in [4.69, 9.17) is 9.47 Å². The number of carbonyl (C=O) groups is 1. The fraction of sp³-hybridized carbons (Fsp3) is 0.133. The largest absolute Gasteiger partial charge is 0.485 e. The fourth-order valence-electron chi connectivity index (χ4n) is 1.84. The van der Waals surface area contributed by atoms with Gasteiger partial charge in [-0.05, 0) is 29.8 Å². The Hall–Kier alpha value is -2.89. The third kappa shape index (κ3) is 3.17. The zero-order valence-electron chi connectivity index (χ0n) is 11.1. The average molecular weight is 283 g/mol. The molecule has 2 aromatic rings. The molecule has 0 radical (unpaired) electrons. The molecule has 1 aliphatic rings. The van der Waals surface area contributed by atoms with Crippen LogP contribution in [0.5, 0.6) is 11.5 Å². The number of hydrazone groups is 1. The fourth-order valence-corrected chi connectivity index (χ4v) is 1.84. The van der Waals surface area contributed by atoms with Crippen molar-refractivity contribution in [2.75, 3.05) is 6.61 Å². The predicted molar refractivity (Wildman–Crippen MR) is 76.3 cm³/mol. The van der Waals surface area contributed by atoms with Gasteiger partial charge in [-0.2, -0.15) is 5.10 Å². The van der Waals surface area contributed by atoms with Crippen molar-refractivity contribution < 1.29 is 14.3 Å². The zero-order valence-corrected chi connectivity index (χ0v) is 11.1. The molecule has 1 aliphatic heterocycles. The monoisotopic (exact) mass is 283 g/mol. The summed E-state index contributed by atoms with van der Waals surface area (Å²) in [6.07, 6.45) is 4.13. The number of pyridine rings is 1. The number of carbonyl (C=O) groups excluding carboxylic acids is 1. The van der Waals surface area contributed by atoms with E-state index in [-0.39, 0.29) is 12.5 Å². The summed E-state index contributed by atoms with van der Waals surface area (Å²) in [4.78, 5) is 15.9. The van der Waals surface area contributed by atoms with Crippen molar-refractivity contribution in [1.82, 2.24) is 10.4 Å². The number of rotatable bonds is 3. The normalized spacial score (nSPS) is 16.7. The summed E-state index contributed by atoms with van der Waals surface area (Å²) in [6.45, 7) is 0.160. The van der Waals surface area contributed by atoms with E-state index in [1.165, 1.54) is 6.21 Å². The lowest BCUT2D eigenvalue weighted by molar-refractivity contribution is -0.130. The Morgan fingerprint density at radius 2 is 2.00 bits per heavy atom. The molecule has 0 unspecified atom stereocenters. The first kappa shape index (κ1) is 13.1. The van der Waals surface area contributed by atoms with Crippen molar-refractivity contribution >= 4 is 12.1 Å². The van der Waals surface area contributed by atoms with Gasteiger partial charge < -0.3 is 9.47 Å². The van der Waals surface area contributed by atoms with Gasteiger partial charge in [0.05, 0.1) is 6.21 Å². The van der Waals surface area contributed by atoms with Crippen molar-refractivity contribution in [2.45, 2.75) is 6.10 Å². The van der Waals surface area contributed by atoms with E-state index >= 15 is 0 Å². The highest BCUT2D eigenvalue weighted by atomic mass is 16.6. The molecule has 1 N–H and O–H groups in total. The molecule has 1 amide bonds. The van der Waals surface area contributed by atoms with Gasteiger partial charge in [-0.15, -0.1) is 0 Å². The number of aromatic nitrogens is 1. The molecule has 0 saturated carbocycles. The molecular weight excluding hydrogens is 270 g/mol. The SMILES string of the molecule is O=C(N/N=C\c1ccncc1)[C@@H]1COc2ccccc2O1. The second kappa shape index (κ2) is 6.04. The van der Waals surface area contributed by atoms with Gasteiger partial charge in [0.2, 0.25) is 6.10 Å². The first-order valence-corrected chi connectivity index (χ1v) is 6.44. The van der Waals surface area contributed by atoms with Gasteiger partial charge in [-0.3, -0.25) is 9.78 Å². The summed E-state index contributed by atoms with van der Waals surface area (Å²) in [5, 5.41) is 3.88. The van der Waals surface area contributed by atoms with E-state index in [9.17, 15) is 4.79 Å². The molecule has 0 fully saturated rings. The first-order valence-electron chi connectivity index (χ1n) is 6.44. The first-order chi connectivity index (χ1) is 10.3. The van der Waals surface area contributed by atoms with Crippen LogP contribution in [0.15, 0.2) is 53.9 Å². The van der Waals surface area contributed by atoms with E-state index in [2.05, 4.69) is 15.5 Å². The van der Waals surface area contributed by atoms with E-state index in [0.29, 0.717) is 11.5 Å². The van der Waals surface area contributed by atoms with E-state index in [0.717, 1.165) is 5.56 Å². The van der Waals surface area contributed by atoms with Gasteiger partial charge in [0.1, 0.15) is 6.61 Å². The third-order valence-corrected chi connectivity index (χ3v) is 2.90. The third-order valence-electron chi connectivity index (χ3n) is 2.90. The zero-order chi connectivity index (χ0) is 14.5. The molecule has 0 saturated heterocycles. The van der Waals surface area contributed by atoms with Crippen LogP contribution in [0.3, 0.4) is 0 Å². The molecule has 0 aliphatic carbocycles. The van der Waals surface area contributed by atoms with E-state index in [1.807, 2.05) is 12.1 Å². The summed E-state index contributed by atoms with van der Waals surface area (Å²) in [5.74, 6) is 0.846. The number of amides is 1. The Kier molecular flexibility index (Phi) is 3.77. The summed E-state index contributed by atoms with van der Waals surface area (Å²) in [7, 11) is 0. The lowest BCUT2D eigenvalue weighted by Crippen LogP contribution is -2.42.